The molecule has 0 radical (unpaired) electrons. The molecule has 0 aliphatic carbocycles. The molecule has 0 spiro atoms. The minimum atomic E-state index is 0. The van der Waals surface area contributed by atoms with E-state index in [4.69, 9.17) is 0 Å². The van der Waals surface area contributed by atoms with Gasteiger partial charge in [0.15, 0.2) is 0 Å². The Bertz CT molecular complexity index is 207. The molecule has 0 amide bonds. The molecular formula is C7H15N3. The van der Waals surface area contributed by atoms with Gasteiger partial charge < -0.3 is 5.32 Å². The summed E-state index contributed by atoms with van der Waals surface area (Å²) in [6.45, 7) is 4.21. The first-order chi connectivity index (χ1) is 4.68. The van der Waals surface area contributed by atoms with Crippen molar-refractivity contribution in [3.8, 4) is 0 Å². The summed E-state index contributed by atoms with van der Waals surface area (Å²) in [6, 6.07) is 0.476. The lowest BCUT2D eigenvalue weighted by atomic mass is 10.4. The molecule has 1 heterocycles. The average molecular weight is 141 g/mol. The van der Waals surface area contributed by atoms with Crippen LogP contribution in [0.2, 0.25) is 0 Å². The highest BCUT2D eigenvalue weighted by Gasteiger charge is 1.95. The van der Waals surface area contributed by atoms with Crippen LogP contribution in [0.5, 0.6) is 0 Å². The van der Waals surface area contributed by atoms with Crippen LogP contribution in [0.15, 0.2) is 12.4 Å². The summed E-state index contributed by atoms with van der Waals surface area (Å²) in [5, 5.41) is 7.27. The minimum absolute atomic E-state index is 0. The predicted molar refractivity (Wildman–Crippen MR) is 44.1 cm³/mol. The van der Waals surface area contributed by atoms with Crippen LogP contribution in [0.4, 0.5) is 5.69 Å². The van der Waals surface area contributed by atoms with Gasteiger partial charge in [0.05, 0.1) is 11.9 Å². The quantitative estimate of drug-likeness (QED) is 0.676. The Morgan fingerprint density at radius 1 is 1.70 bits per heavy atom. The Labute approximate surface area is 62.5 Å². The lowest BCUT2D eigenvalue weighted by Crippen LogP contribution is -2.08. The second-order valence-corrected chi connectivity index (χ2v) is 2.70. The van der Waals surface area contributed by atoms with Crippen molar-refractivity contribution in [2.24, 2.45) is 7.05 Å². The molecule has 0 unspecified atom stereocenters. The molecule has 1 rings (SSSR count). The molecule has 0 aliphatic rings. The van der Waals surface area contributed by atoms with Gasteiger partial charge in [0, 0.05) is 20.7 Å². The number of hydrogen-bond acceptors (Lipinski definition) is 2. The monoisotopic (exact) mass is 141 g/mol. The summed E-state index contributed by atoms with van der Waals surface area (Å²) < 4.78 is 1.78. The van der Waals surface area contributed by atoms with Gasteiger partial charge in [-0.05, 0) is 13.8 Å². The zero-order chi connectivity index (χ0) is 7.56. The first-order valence-corrected chi connectivity index (χ1v) is 3.43. The first kappa shape index (κ1) is 7.12. The van der Waals surface area contributed by atoms with Crippen LogP contribution in [-0.4, -0.2) is 15.8 Å². The molecule has 1 aromatic heterocycles. The molecule has 0 bridgehead atoms. The summed E-state index contributed by atoms with van der Waals surface area (Å²) in [6.07, 6.45) is 3.78. The van der Waals surface area contributed by atoms with E-state index in [0.717, 1.165) is 5.69 Å². The Morgan fingerprint density at radius 2 is 2.40 bits per heavy atom. The molecule has 1 N–H and O–H groups in total. The maximum atomic E-state index is 4.02. The fourth-order valence-electron chi connectivity index (χ4n) is 0.829. The normalized spacial score (nSPS) is 10.4. The van der Waals surface area contributed by atoms with Crippen molar-refractivity contribution in [3.05, 3.63) is 12.4 Å². The average Bonchev–Trinajstić information content (AvgIpc) is 2.13. The minimum Gasteiger partial charge on any atom is -0.380 e. The van der Waals surface area contributed by atoms with E-state index >= 15 is 0 Å². The van der Waals surface area contributed by atoms with Crippen LogP contribution in [0.1, 0.15) is 15.3 Å². The summed E-state index contributed by atoms with van der Waals surface area (Å²) in [5.74, 6) is 0. The number of anilines is 1. The van der Waals surface area contributed by atoms with Crippen LogP contribution in [0.25, 0.3) is 0 Å². The van der Waals surface area contributed by atoms with E-state index in [1.165, 1.54) is 0 Å². The van der Waals surface area contributed by atoms with Gasteiger partial charge in [0.2, 0.25) is 0 Å². The SMILES string of the molecule is CC(C)Nc1cnn(C)c1.[HH]. The summed E-state index contributed by atoms with van der Waals surface area (Å²) in [4.78, 5) is 0. The van der Waals surface area contributed by atoms with Gasteiger partial charge in [-0.3, -0.25) is 4.68 Å². The number of nitrogens with one attached hydrogen (secondary N) is 1. The van der Waals surface area contributed by atoms with Gasteiger partial charge in [0.25, 0.3) is 0 Å². The van der Waals surface area contributed by atoms with Crippen molar-refractivity contribution in [2.45, 2.75) is 19.9 Å². The molecule has 0 aliphatic heterocycles. The number of rotatable bonds is 2. The zero-order valence-electron chi connectivity index (χ0n) is 6.63. The second-order valence-electron chi connectivity index (χ2n) is 2.70. The Hall–Kier alpha value is -0.990. The third-order valence-corrected chi connectivity index (χ3v) is 1.16. The fraction of sp³-hybridized carbons (Fsp3) is 0.571. The molecule has 0 fully saturated rings. The third kappa shape index (κ3) is 1.76. The van der Waals surface area contributed by atoms with Crippen molar-refractivity contribution in [2.75, 3.05) is 5.32 Å². The van der Waals surface area contributed by atoms with E-state index < -0.39 is 0 Å². The highest BCUT2D eigenvalue weighted by molar-refractivity contribution is 5.38. The van der Waals surface area contributed by atoms with E-state index in [1.54, 1.807) is 4.68 Å². The van der Waals surface area contributed by atoms with Crippen LogP contribution >= 0.6 is 0 Å². The van der Waals surface area contributed by atoms with Crippen molar-refractivity contribution < 1.29 is 1.43 Å². The molecule has 1 aromatic rings. The Balaban J connectivity index is 0.000001000. The van der Waals surface area contributed by atoms with E-state index in [0.29, 0.717) is 6.04 Å². The number of aryl methyl sites for hydroxylation is 1. The van der Waals surface area contributed by atoms with Gasteiger partial charge in [0.1, 0.15) is 0 Å². The molecule has 0 saturated carbocycles. The molecule has 0 saturated heterocycles. The highest BCUT2D eigenvalue weighted by atomic mass is 15.3. The fourth-order valence-corrected chi connectivity index (χ4v) is 0.829. The van der Waals surface area contributed by atoms with Crippen molar-refractivity contribution in [3.63, 3.8) is 0 Å². The summed E-state index contributed by atoms with van der Waals surface area (Å²) in [7, 11) is 1.91. The smallest absolute Gasteiger partial charge is 0.0728 e. The molecule has 10 heavy (non-hydrogen) atoms. The first-order valence-electron chi connectivity index (χ1n) is 3.43. The lowest BCUT2D eigenvalue weighted by Gasteiger charge is -2.04. The zero-order valence-corrected chi connectivity index (χ0v) is 6.63. The van der Waals surface area contributed by atoms with E-state index in [2.05, 4.69) is 24.3 Å². The number of hydrogen-bond donors (Lipinski definition) is 1. The van der Waals surface area contributed by atoms with Crippen molar-refractivity contribution >= 4 is 5.69 Å². The largest absolute Gasteiger partial charge is 0.380 e. The Kier molecular flexibility index (Phi) is 1.94. The summed E-state index contributed by atoms with van der Waals surface area (Å²) in [5.41, 5.74) is 1.08. The standard InChI is InChI=1S/C7H13N3.H2/c1-6(2)9-7-4-8-10(3)5-7;/h4-6,9H,1-3H3;1H. The molecule has 0 aromatic carbocycles. The topological polar surface area (TPSA) is 29.9 Å². The van der Waals surface area contributed by atoms with Crippen LogP contribution in [0, 0.1) is 0 Å². The van der Waals surface area contributed by atoms with Crippen LogP contribution in [-0.2, 0) is 7.05 Å². The van der Waals surface area contributed by atoms with E-state index in [1.807, 2.05) is 19.4 Å². The summed E-state index contributed by atoms with van der Waals surface area (Å²) >= 11 is 0. The van der Waals surface area contributed by atoms with Gasteiger partial charge in [-0.2, -0.15) is 5.10 Å². The Morgan fingerprint density at radius 3 is 2.80 bits per heavy atom. The van der Waals surface area contributed by atoms with Crippen LogP contribution in [0.3, 0.4) is 0 Å². The second kappa shape index (κ2) is 2.73. The maximum absolute atomic E-state index is 4.02. The third-order valence-electron chi connectivity index (χ3n) is 1.16. The molecule has 0 atom stereocenters. The van der Waals surface area contributed by atoms with Gasteiger partial charge >= 0.3 is 0 Å². The molecular weight excluding hydrogens is 126 g/mol. The predicted octanol–water partition coefficient (Wildman–Crippen LogP) is 1.49. The number of nitrogens with zero attached hydrogens (tertiary/aromatic N) is 2. The number of aromatic nitrogens is 2. The maximum Gasteiger partial charge on any atom is 0.0728 e. The highest BCUT2D eigenvalue weighted by Crippen LogP contribution is 2.04. The van der Waals surface area contributed by atoms with Crippen molar-refractivity contribution in [1.29, 1.82) is 0 Å². The molecule has 3 heteroatoms. The van der Waals surface area contributed by atoms with Gasteiger partial charge in [-0.15, -0.1) is 0 Å². The van der Waals surface area contributed by atoms with Gasteiger partial charge in [-0.25, -0.2) is 0 Å². The molecule has 58 valence electrons. The van der Waals surface area contributed by atoms with E-state index in [-0.39, 0.29) is 1.43 Å². The van der Waals surface area contributed by atoms with Crippen LogP contribution < -0.4 is 5.32 Å². The van der Waals surface area contributed by atoms with E-state index in [9.17, 15) is 0 Å². The van der Waals surface area contributed by atoms with Crippen molar-refractivity contribution in [1.82, 2.24) is 9.78 Å². The van der Waals surface area contributed by atoms with Gasteiger partial charge in [-0.1, -0.05) is 0 Å². The lowest BCUT2D eigenvalue weighted by molar-refractivity contribution is 0.767. The molecule has 3 nitrogen and oxygen atoms in total.